The van der Waals surface area contributed by atoms with E-state index in [-0.39, 0.29) is 5.56 Å². The predicted molar refractivity (Wildman–Crippen MR) is 172 cm³/mol. The Morgan fingerprint density at radius 1 is 1.21 bits per heavy atom. The number of hydrogen-bond donors (Lipinski definition) is 4. The lowest BCUT2D eigenvalue weighted by Gasteiger charge is -2.22. The van der Waals surface area contributed by atoms with Gasteiger partial charge in [-0.25, -0.2) is 10.8 Å². The maximum absolute atomic E-state index is 13.7. The van der Waals surface area contributed by atoms with Gasteiger partial charge in [0.15, 0.2) is 0 Å². The summed E-state index contributed by atoms with van der Waals surface area (Å²) in [6.07, 6.45) is 8.94. The van der Waals surface area contributed by atoms with Crippen LogP contribution in [0.25, 0.3) is 11.3 Å². The summed E-state index contributed by atoms with van der Waals surface area (Å²) < 4.78 is 1.89. The number of benzene rings is 1. The SMILES string of the molecule is CN=C(C(=CN)NC=O)c1ccnc(C(CCCC(C)C)n2cnc(-c3cc(Cl)ccc3N(N)/C=C(\N)Br)cc2=O)c1. The van der Waals surface area contributed by atoms with E-state index >= 15 is 0 Å². The number of aliphatic imine (C=N–C) groups is 1. The van der Waals surface area contributed by atoms with Gasteiger partial charge < -0.3 is 16.8 Å². The number of hydrazine groups is 1. The molecule has 0 radical (unpaired) electrons. The maximum Gasteiger partial charge on any atom is 0.254 e. The Labute approximate surface area is 258 Å². The number of amides is 1. The molecule has 0 aliphatic rings. The van der Waals surface area contributed by atoms with Gasteiger partial charge in [0.25, 0.3) is 5.56 Å². The van der Waals surface area contributed by atoms with Crippen molar-refractivity contribution in [2.24, 2.45) is 28.2 Å². The van der Waals surface area contributed by atoms with E-state index in [4.69, 9.17) is 28.9 Å². The number of hydrogen-bond acceptors (Lipinski definition) is 9. The first-order chi connectivity index (χ1) is 20.1. The van der Waals surface area contributed by atoms with Gasteiger partial charge in [-0.05, 0) is 58.6 Å². The summed E-state index contributed by atoms with van der Waals surface area (Å²) in [6, 6.07) is 9.74. The lowest BCUT2D eigenvalue weighted by Crippen LogP contribution is -2.28. The van der Waals surface area contributed by atoms with Crippen LogP contribution in [0.15, 0.2) is 81.4 Å². The molecule has 13 heteroatoms. The molecule has 0 aliphatic heterocycles. The van der Waals surface area contributed by atoms with Crippen molar-refractivity contribution >= 4 is 45.3 Å². The third kappa shape index (κ3) is 8.28. The third-order valence-corrected chi connectivity index (χ3v) is 6.90. The van der Waals surface area contributed by atoms with E-state index in [2.05, 4.69) is 50.1 Å². The van der Waals surface area contributed by atoms with E-state index in [0.29, 0.717) is 68.0 Å². The van der Waals surface area contributed by atoms with E-state index in [1.54, 1.807) is 42.1 Å². The van der Waals surface area contributed by atoms with Crippen molar-refractivity contribution in [3.8, 4) is 11.3 Å². The van der Waals surface area contributed by atoms with E-state index in [0.717, 1.165) is 12.8 Å². The summed E-state index contributed by atoms with van der Waals surface area (Å²) in [5.74, 6) is 6.69. The largest absolute Gasteiger partial charge is 0.403 e. The van der Waals surface area contributed by atoms with Gasteiger partial charge in [-0.2, -0.15) is 0 Å². The number of anilines is 1. The Hall–Kier alpha value is -4.00. The minimum absolute atomic E-state index is 0.277. The number of nitrogens with zero attached hydrogens (tertiary/aromatic N) is 5. The second-order valence-corrected chi connectivity index (χ2v) is 11.2. The standard InChI is InChI=1S/C29H35BrClN9O2/c1-18(2)5-4-6-26(23-11-19(9-10-36-23)29(35-3)24(14-32)38-17-41)39-16-37-22(13-28(39)42)21-12-20(31)7-8-25(21)40(34)15-27(30)33/h7-18,26H,4-6,32-34H2,1-3H3,(H,38,41)/b24-14?,27-15-,35-29?. The summed E-state index contributed by atoms with van der Waals surface area (Å²) in [7, 11) is 1.60. The number of rotatable bonds is 13. The normalized spacial score (nSPS) is 13.3. The van der Waals surface area contributed by atoms with Crippen molar-refractivity contribution in [3.05, 3.63) is 98.3 Å². The number of nitrogens with two attached hydrogens (primary N) is 3. The lowest BCUT2D eigenvalue weighted by atomic mass is 9.98. The van der Waals surface area contributed by atoms with E-state index in [1.807, 2.05) is 6.07 Å². The minimum Gasteiger partial charge on any atom is -0.403 e. The molecule has 11 nitrogen and oxygen atoms in total. The van der Waals surface area contributed by atoms with Crippen molar-refractivity contribution in [3.63, 3.8) is 0 Å². The molecule has 2 heterocycles. The fourth-order valence-corrected chi connectivity index (χ4v) is 4.92. The van der Waals surface area contributed by atoms with Crippen LogP contribution >= 0.6 is 27.5 Å². The first kappa shape index (κ1) is 32.5. The van der Waals surface area contributed by atoms with Gasteiger partial charge in [-0.3, -0.25) is 29.1 Å². The molecule has 3 aromatic rings. The van der Waals surface area contributed by atoms with E-state index < -0.39 is 6.04 Å². The topological polar surface area (TPSA) is 171 Å². The molecule has 0 aliphatic carbocycles. The lowest BCUT2D eigenvalue weighted by molar-refractivity contribution is -0.108. The number of allylic oxidation sites excluding steroid dienone is 1. The van der Waals surface area contributed by atoms with Crippen LogP contribution in [0.3, 0.4) is 0 Å². The van der Waals surface area contributed by atoms with E-state index in [1.165, 1.54) is 29.8 Å². The quantitative estimate of drug-likeness (QED) is 0.0698. The molecule has 3 rings (SSSR count). The molecule has 1 aromatic carbocycles. The predicted octanol–water partition coefficient (Wildman–Crippen LogP) is 4.17. The van der Waals surface area contributed by atoms with Crippen LogP contribution in [0, 0.1) is 5.92 Å². The van der Waals surface area contributed by atoms with Gasteiger partial charge in [0.2, 0.25) is 6.41 Å². The van der Waals surface area contributed by atoms with Crippen molar-refractivity contribution < 1.29 is 4.79 Å². The first-order valence-corrected chi connectivity index (χ1v) is 14.4. The summed E-state index contributed by atoms with van der Waals surface area (Å²) in [6.45, 7) is 4.31. The van der Waals surface area contributed by atoms with Gasteiger partial charge >= 0.3 is 0 Å². The summed E-state index contributed by atoms with van der Waals surface area (Å²) >= 11 is 9.47. The van der Waals surface area contributed by atoms with Crippen molar-refractivity contribution in [2.75, 3.05) is 12.1 Å². The molecule has 0 saturated heterocycles. The fraction of sp³-hybridized carbons (Fsp3) is 0.276. The Morgan fingerprint density at radius 2 is 1.98 bits per heavy atom. The highest BCUT2D eigenvalue weighted by Gasteiger charge is 2.21. The monoisotopic (exact) mass is 655 g/mol. The Bertz CT molecular complexity index is 1550. The van der Waals surface area contributed by atoms with Crippen LogP contribution in [0.5, 0.6) is 0 Å². The molecule has 2 aromatic heterocycles. The third-order valence-electron chi connectivity index (χ3n) is 6.46. The Balaban J connectivity index is 2.10. The number of pyridine rings is 1. The summed E-state index contributed by atoms with van der Waals surface area (Å²) in [5, 5.41) is 4.35. The zero-order chi connectivity index (χ0) is 30.8. The number of aromatic nitrogens is 3. The molecule has 1 amide bonds. The van der Waals surface area contributed by atoms with E-state index in [9.17, 15) is 9.59 Å². The molecule has 0 spiro atoms. The molecule has 1 unspecified atom stereocenters. The highest BCUT2D eigenvalue weighted by atomic mass is 79.9. The smallest absolute Gasteiger partial charge is 0.254 e. The summed E-state index contributed by atoms with van der Waals surface area (Å²) in [5.41, 5.74) is 14.9. The molecular formula is C29H35BrClN9O2. The Kier molecular flexibility index (Phi) is 11.8. The van der Waals surface area contributed by atoms with Crippen molar-refractivity contribution in [1.29, 1.82) is 0 Å². The second-order valence-electron chi connectivity index (χ2n) is 9.83. The Morgan fingerprint density at radius 3 is 2.60 bits per heavy atom. The molecule has 0 saturated carbocycles. The number of carbonyl (C=O) groups excluding carboxylic acids is 1. The van der Waals surface area contributed by atoms with Crippen LogP contribution in [-0.4, -0.2) is 33.7 Å². The molecule has 7 N–H and O–H groups in total. The average Bonchev–Trinajstić information content (AvgIpc) is 2.95. The van der Waals surface area contributed by atoms with Crippen LogP contribution < -0.4 is 33.2 Å². The second kappa shape index (κ2) is 15.3. The van der Waals surface area contributed by atoms with Crippen LogP contribution in [-0.2, 0) is 4.79 Å². The maximum atomic E-state index is 13.7. The summed E-state index contributed by atoms with van der Waals surface area (Å²) in [4.78, 5) is 38.3. The zero-order valence-corrected chi connectivity index (χ0v) is 26.0. The van der Waals surface area contributed by atoms with Crippen molar-refractivity contribution in [2.45, 2.75) is 39.2 Å². The average molecular weight is 657 g/mol. The molecule has 1 atom stereocenters. The zero-order valence-electron chi connectivity index (χ0n) is 23.7. The highest BCUT2D eigenvalue weighted by Crippen LogP contribution is 2.32. The van der Waals surface area contributed by atoms with Gasteiger partial charge in [0.1, 0.15) is 0 Å². The number of halogens is 2. The molecular weight excluding hydrogens is 622 g/mol. The van der Waals surface area contributed by atoms with Gasteiger partial charge in [-0.1, -0.05) is 38.3 Å². The fourth-order valence-electron chi connectivity index (χ4n) is 4.52. The van der Waals surface area contributed by atoms with Crippen LogP contribution in [0.1, 0.15) is 50.4 Å². The van der Waals surface area contributed by atoms with Gasteiger partial charge in [-0.15, -0.1) is 0 Å². The van der Waals surface area contributed by atoms with Crippen molar-refractivity contribution in [1.82, 2.24) is 19.9 Å². The van der Waals surface area contributed by atoms with Crippen LogP contribution in [0.2, 0.25) is 5.02 Å². The first-order valence-electron chi connectivity index (χ1n) is 13.2. The van der Waals surface area contributed by atoms with Crippen LogP contribution in [0.4, 0.5) is 5.69 Å². The highest BCUT2D eigenvalue weighted by molar-refractivity contribution is 9.11. The minimum atomic E-state index is -0.416. The number of carbonyl (C=O) groups is 1. The number of nitrogens with one attached hydrogen (secondary N) is 1. The molecule has 222 valence electrons. The van der Waals surface area contributed by atoms with Gasteiger partial charge in [0.05, 0.1) is 51.7 Å². The van der Waals surface area contributed by atoms with Gasteiger partial charge in [0, 0.05) is 41.7 Å². The molecule has 0 fully saturated rings. The molecule has 42 heavy (non-hydrogen) atoms. The molecule has 0 bridgehead atoms.